The van der Waals surface area contributed by atoms with Crippen molar-refractivity contribution in [3.63, 3.8) is 0 Å². The third kappa shape index (κ3) is 2.32. The van der Waals surface area contributed by atoms with E-state index in [0.29, 0.717) is 12.5 Å². The Bertz CT molecular complexity index is 686. The van der Waals surface area contributed by atoms with Gasteiger partial charge in [-0.2, -0.15) is 0 Å². The normalized spacial score (nSPS) is 25.0. The predicted molar refractivity (Wildman–Crippen MR) is 85.8 cm³/mol. The van der Waals surface area contributed by atoms with Crippen LogP contribution in [0.25, 0.3) is 0 Å². The first-order valence-electron chi connectivity index (χ1n) is 7.59. The zero-order chi connectivity index (χ0) is 15.1. The van der Waals surface area contributed by atoms with Crippen molar-refractivity contribution in [3.05, 3.63) is 40.6 Å². The van der Waals surface area contributed by atoms with Crippen molar-refractivity contribution >= 4 is 22.9 Å². The van der Waals surface area contributed by atoms with Gasteiger partial charge in [-0.3, -0.25) is 14.7 Å². The van der Waals surface area contributed by atoms with Crippen LogP contribution in [0.1, 0.15) is 23.5 Å². The van der Waals surface area contributed by atoms with Gasteiger partial charge in [-0.1, -0.05) is 0 Å². The van der Waals surface area contributed by atoms with Gasteiger partial charge in [0.05, 0.1) is 28.6 Å². The Morgan fingerprint density at radius 2 is 2.32 bits per heavy atom. The number of nitrogens with zero attached hydrogens (tertiary/aromatic N) is 4. The third-order valence-corrected chi connectivity index (χ3v) is 5.39. The fraction of sp³-hybridized carbons (Fsp3) is 0.438. The van der Waals surface area contributed by atoms with E-state index in [-0.39, 0.29) is 11.9 Å². The number of carbonyl (C=O) groups excluding carboxylic acids is 1. The smallest absolute Gasteiger partial charge is 0.229 e. The van der Waals surface area contributed by atoms with E-state index >= 15 is 0 Å². The second-order valence-corrected chi connectivity index (χ2v) is 6.99. The van der Waals surface area contributed by atoms with Crippen molar-refractivity contribution in [3.8, 4) is 0 Å². The number of carbonyl (C=O) groups is 1. The summed E-state index contributed by atoms with van der Waals surface area (Å²) in [7, 11) is 0. The molecule has 0 spiro atoms. The summed E-state index contributed by atoms with van der Waals surface area (Å²) in [6, 6.07) is 4.44. The quantitative estimate of drug-likeness (QED) is 0.872. The molecule has 22 heavy (non-hydrogen) atoms. The zero-order valence-electron chi connectivity index (χ0n) is 12.5. The molecule has 4 rings (SSSR count). The SMILES string of the molecule is Cc1nc(CN2CC[C@H]3[C@H]2CC(=O)N3c2cccnc2)cs1. The summed E-state index contributed by atoms with van der Waals surface area (Å²) in [6.07, 6.45) is 5.15. The van der Waals surface area contributed by atoms with Crippen molar-refractivity contribution in [2.45, 2.75) is 38.4 Å². The van der Waals surface area contributed by atoms with Crippen LogP contribution in [0.2, 0.25) is 0 Å². The first-order chi connectivity index (χ1) is 10.7. The molecule has 2 aromatic heterocycles. The minimum absolute atomic E-state index is 0.210. The lowest BCUT2D eigenvalue weighted by Gasteiger charge is -2.24. The Labute approximate surface area is 133 Å². The summed E-state index contributed by atoms with van der Waals surface area (Å²) in [4.78, 5) is 25.5. The summed E-state index contributed by atoms with van der Waals surface area (Å²) < 4.78 is 0. The van der Waals surface area contributed by atoms with Crippen LogP contribution in [0.5, 0.6) is 0 Å². The topological polar surface area (TPSA) is 49.3 Å². The molecule has 2 saturated heterocycles. The van der Waals surface area contributed by atoms with Crippen LogP contribution in [0.4, 0.5) is 5.69 Å². The van der Waals surface area contributed by atoms with Gasteiger partial charge < -0.3 is 4.90 Å². The number of hydrogen-bond acceptors (Lipinski definition) is 5. The highest BCUT2D eigenvalue weighted by Crippen LogP contribution is 2.36. The number of aryl methyl sites for hydroxylation is 1. The molecule has 4 heterocycles. The van der Waals surface area contributed by atoms with Crippen molar-refractivity contribution < 1.29 is 4.79 Å². The molecule has 0 saturated carbocycles. The van der Waals surface area contributed by atoms with E-state index < -0.39 is 0 Å². The molecule has 0 N–H and O–H groups in total. The lowest BCUT2D eigenvalue weighted by Crippen LogP contribution is -2.37. The number of likely N-dealkylation sites (tertiary alicyclic amines) is 1. The average Bonchev–Trinajstić information content (AvgIpc) is 3.17. The summed E-state index contributed by atoms with van der Waals surface area (Å²) in [6.45, 7) is 3.90. The highest BCUT2D eigenvalue weighted by atomic mass is 32.1. The standard InChI is InChI=1S/C16H18N4OS/c1-11-18-12(10-22-11)9-19-6-4-14-15(19)7-16(21)20(14)13-3-2-5-17-8-13/h2-3,5,8,10,14-15H,4,6-7,9H2,1H3/t14-,15+/m0/s1. The van der Waals surface area contributed by atoms with Crippen LogP contribution in [-0.4, -0.2) is 39.4 Å². The molecule has 5 nitrogen and oxygen atoms in total. The largest absolute Gasteiger partial charge is 0.306 e. The fourth-order valence-electron chi connectivity index (χ4n) is 3.65. The maximum Gasteiger partial charge on any atom is 0.229 e. The van der Waals surface area contributed by atoms with Gasteiger partial charge >= 0.3 is 0 Å². The molecule has 0 bridgehead atoms. The number of thiazole rings is 1. The Balaban J connectivity index is 1.54. The summed E-state index contributed by atoms with van der Waals surface area (Å²) in [5, 5.41) is 3.23. The van der Waals surface area contributed by atoms with Crippen molar-refractivity contribution in [2.75, 3.05) is 11.4 Å². The van der Waals surface area contributed by atoms with E-state index in [1.54, 1.807) is 23.7 Å². The van der Waals surface area contributed by atoms with Crippen LogP contribution in [0, 0.1) is 6.92 Å². The van der Waals surface area contributed by atoms with Gasteiger partial charge in [0.15, 0.2) is 0 Å². The van der Waals surface area contributed by atoms with Gasteiger partial charge in [0, 0.05) is 37.1 Å². The Hall–Kier alpha value is -1.79. The van der Waals surface area contributed by atoms with Crippen molar-refractivity contribution in [1.29, 1.82) is 0 Å². The molecule has 0 unspecified atom stereocenters. The van der Waals surface area contributed by atoms with E-state index in [0.717, 1.165) is 35.9 Å². The van der Waals surface area contributed by atoms with Gasteiger partial charge in [0.2, 0.25) is 5.91 Å². The first-order valence-corrected chi connectivity index (χ1v) is 8.47. The van der Waals surface area contributed by atoms with E-state index in [9.17, 15) is 4.79 Å². The lowest BCUT2D eigenvalue weighted by molar-refractivity contribution is -0.117. The molecular weight excluding hydrogens is 296 g/mol. The van der Waals surface area contributed by atoms with Gasteiger partial charge in [0.25, 0.3) is 0 Å². The average molecular weight is 314 g/mol. The predicted octanol–water partition coefficient (Wildman–Crippen LogP) is 2.23. The third-order valence-electron chi connectivity index (χ3n) is 4.57. The second-order valence-electron chi connectivity index (χ2n) is 5.93. The minimum Gasteiger partial charge on any atom is -0.306 e. The molecule has 0 aromatic carbocycles. The summed E-state index contributed by atoms with van der Waals surface area (Å²) in [5.41, 5.74) is 2.04. The summed E-state index contributed by atoms with van der Waals surface area (Å²) >= 11 is 1.69. The van der Waals surface area contributed by atoms with E-state index in [2.05, 4.69) is 20.2 Å². The molecular formula is C16H18N4OS. The van der Waals surface area contributed by atoms with Crippen molar-refractivity contribution in [2.24, 2.45) is 0 Å². The van der Waals surface area contributed by atoms with Gasteiger partial charge in [-0.15, -0.1) is 11.3 Å². The number of fused-ring (bicyclic) bond motifs is 1. The van der Waals surface area contributed by atoms with E-state index in [4.69, 9.17) is 0 Å². The molecule has 0 aliphatic carbocycles. The van der Waals surface area contributed by atoms with Crippen LogP contribution in [0.15, 0.2) is 29.9 Å². The minimum atomic E-state index is 0.210. The monoisotopic (exact) mass is 314 g/mol. The highest BCUT2D eigenvalue weighted by Gasteiger charge is 2.47. The Morgan fingerprint density at radius 3 is 3.05 bits per heavy atom. The Kier molecular flexibility index (Phi) is 3.43. The van der Waals surface area contributed by atoms with Crippen LogP contribution < -0.4 is 4.90 Å². The zero-order valence-corrected chi connectivity index (χ0v) is 13.3. The molecule has 2 aliphatic heterocycles. The number of amides is 1. The Morgan fingerprint density at radius 1 is 1.41 bits per heavy atom. The molecule has 2 fully saturated rings. The van der Waals surface area contributed by atoms with Crippen LogP contribution in [0.3, 0.4) is 0 Å². The van der Waals surface area contributed by atoms with Gasteiger partial charge in [-0.05, 0) is 25.5 Å². The maximum absolute atomic E-state index is 12.4. The lowest BCUT2D eigenvalue weighted by atomic mass is 10.1. The number of anilines is 1. The molecule has 0 radical (unpaired) electrons. The second kappa shape index (κ2) is 5.44. The fourth-order valence-corrected chi connectivity index (χ4v) is 4.25. The van der Waals surface area contributed by atoms with E-state index in [1.807, 2.05) is 24.0 Å². The molecule has 1 amide bonds. The summed E-state index contributed by atoms with van der Waals surface area (Å²) in [5.74, 6) is 0.210. The van der Waals surface area contributed by atoms with Gasteiger partial charge in [-0.25, -0.2) is 4.98 Å². The van der Waals surface area contributed by atoms with E-state index in [1.165, 1.54) is 0 Å². The molecule has 2 aliphatic rings. The van der Waals surface area contributed by atoms with Crippen LogP contribution >= 0.6 is 11.3 Å². The molecule has 2 aromatic rings. The number of rotatable bonds is 3. The molecule has 6 heteroatoms. The number of aromatic nitrogens is 2. The molecule has 114 valence electrons. The highest BCUT2D eigenvalue weighted by molar-refractivity contribution is 7.09. The van der Waals surface area contributed by atoms with Crippen LogP contribution in [-0.2, 0) is 11.3 Å². The van der Waals surface area contributed by atoms with Gasteiger partial charge in [0.1, 0.15) is 0 Å². The number of pyridine rings is 1. The van der Waals surface area contributed by atoms with Crippen molar-refractivity contribution in [1.82, 2.24) is 14.9 Å². The molecule has 2 atom stereocenters. The maximum atomic E-state index is 12.4. The number of hydrogen-bond donors (Lipinski definition) is 0. The first kappa shape index (κ1) is 13.8.